The van der Waals surface area contributed by atoms with Gasteiger partial charge in [0.05, 0.1) is 19.3 Å². The summed E-state index contributed by atoms with van der Waals surface area (Å²) in [5.74, 6) is 6.47. The zero-order valence-electron chi connectivity index (χ0n) is 10.9. The number of hydrazine groups is 1. The van der Waals surface area contributed by atoms with Crippen LogP contribution in [0.1, 0.15) is 24.2 Å². The first-order valence-electron chi connectivity index (χ1n) is 6.03. The lowest BCUT2D eigenvalue weighted by Crippen LogP contribution is -2.31. The molecule has 0 bridgehead atoms. The molecule has 0 aliphatic rings. The van der Waals surface area contributed by atoms with E-state index in [2.05, 4.69) is 26.5 Å². The molecular weight excluding hydrogens is 308 g/mol. The minimum Gasteiger partial charge on any atom is -0.493 e. The molecule has 0 radical (unpaired) electrons. The van der Waals surface area contributed by atoms with Crippen LogP contribution in [0.25, 0.3) is 0 Å². The van der Waals surface area contributed by atoms with Crippen LogP contribution in [-0.4, -0.2) is 16.9 Å². The fourth-order valence-electron chi connectivity index (χ4n) is 2.10. The lowest BCUT2D eigenvalue weighted by Gasteiger charge is -2.20. The fourth-order valence-corrected chi connectivity index (χ4v) is 2.62. The standard InChI is InChI=1S/C13H17BrN4O/c1-3-18-13(11(19-2)8-16-18)12(17-15)9-6-4-5-7-10(9)14/h4-8,12,17H,3,15H2,1-2H3. The monoisotopic (exact) mass is 324 g/mol. The van der Waals surface area contributed by atoms with Crippen LogP contribution in [0, 0.1) is 0 Å². The summed E-state index contributed by atoms with van der Waals surface area (Å²) in [5.41, 5.74) is 4.80. The maximum absolute atomic E-state index is 5.74. The first-order valence-corrected chi connectivity index (χ1v) is 6.82. The first kappa shape index (κ1) is 14.0. The Morgan fingerprint density at radius 1 is 1.47 bits per heavy atom. The van der Waals surface area contributed by atoms with Crippen molar-refractivity contribution in [1.82, 2.24) is 15.2 Å². The molecule has 0 aliphatic heterocycles. The van der Waals surface area contributed by atoms with Gasteiger partial charge in [-0.15, -0.1) is 0 Å². The van der Waals surface area contributed by atoms with Gasteiger partial charge in [0, 0.05) is 11.0 Å². The van der Waals surface area contributed by atoms with Gasteiger partial charge in [-0.25, -0.2) is 5.43 Å². The number of aromatic nitrogens is 2. The Bertz CT molecular complexity index is 534. The lowest BCUT2D eigenvalue weighted by atomic mass is 10.0. The van der Waals surface area contributed by atoms with Crippen molar-refractivity contribution in [3.8, 4) is 5.75 Å². The van der Waals surface area contributed by atoms with Gasteiger partial charge in [-0.2, -0.15) is 5.10 Å². The number of benzene rings is 1. The van der Waals surface area contributed by atoms with E-state index in [1.165, 1.54) is 0 Å². The van der Waals surface area contributed by atoms with Gasteiger partial charge in [-0.3, -0.25) is 10.5 Å². The molecule has 19 heavy (non-hydrogen) atoms. The minimum absolute atomic E-state index is 0.187. The van der Waals surface area contributed by atoms with Crippen molar-refractivity contribution in [1.29, 1.82) is 0 Å². The van der Waals surface area contributed by atoms with Crippen molar-refractivity contribution in [2.24, 2.45) is 5.84 Å². The maximum atomic E-state index is 5.74. The molecule has 1 atom stereocenters. The predicted molar refractivity (Wildman–Crippen MR) is 77.8 cm³/mol. The first-order chi connectivity index (χ1) is 9.22. The molecule has 5 nitrogen and oxygen atoms in total. The molecule has 0 aliphatic carbocycles. The van der Waals surface area contributed by atoms with E-state index in [0.29, 0.717) is 0 Å². The Balaban J connectivity index is 2.54. The van der Waals surface area contributed by atoms with Gasteiger partial charge < -0.3 is 4.74 Å². The summed E-state index contributed by atoms with van der Waals surface area (Å²) in [4.78, 5) is 0. The van der Waals surface area contributed by atoms with Crippen LogP contribution in [0.15, 0.2) is 34.9 Å². The highest BCUT2D eigenvalue weighted by Gasteiger charge is 2.23. The fraction of sp³-hybridized carbons (Fsp3) is 0.308. The number of hydrogen-bond acceptors (Lipinski definition) is 4. The summed E-state index contributed by atoms with van der Waals surface area (Å²) in [6.45, 7) is 2.78. The number of rotatable bonds is 5. The second kappa shape index (κ2) is 6.18. The van der Waals surface area contributed by atoms with Crippen LogP contribution in [0.3, 0.4) is 0 Å². The van der Waals surface area contributed by atoms with Crippen LogP contribution < -0.4 is 16.0 Å². The summed E-state index contributed by atoms with van der Waals surface area (Å²) in [6.07, 6.45) is 1.71. The smallest absolute Gasteiger partial charge is 0.161 e. The summed E-state index contributed by atoms with van der Waals surface area (Å²) >= 11 is 3.55. The van der Waals surface area contributed by atoms with Crippen molar-refractivity contribution in [3.05, 3.63) is 46.2 Å². The number of hydrogen-bond donors (Lipinski definition) is 2. The maximum Gasteiger partial charge on any atom is 0.161 e. The van der Waals surface area contributed by atoms with Crippen molar-refractivity contribution in [2.45, 2.75) is 19.5 Å². The largest absolute Gasteiger partial charge is 0.493 e. The topological polar surface area (TPSA) is 65.1 Å². The average molecular weight is 325 g/mol. The molecule has 1 heterocycles. The third-order valence-corrected chi connectivity index (χ3v) is 3.74. The van der Waals surface area contributed by atoms with Crippen molar-refractivity contribution in [2.75, 3.05) is 7.11 Å². The van der Waals surface area contributed by atoms with Crippen molar-refractivity contribution < 1.29 is 4.74 Å². The van der Waals surface area contributed by atoms with E-state index in [0.717, 1.165) is 28.0 Å². The molecule has 2 aromatic rings. The van der Waals surface area contributed by atoms with E-state index in [1.807, 2.05) is 35.9 Å². The quantitative estimate of drug-likeness (QED) is 0.654. The highest BCUT2D eigenvalue weighted by atomic mass is 79.9. The number of nitrogens with two attached hydrogens (primary N) is 1. The summed E-state index contributed by atoms with van der Waals surface area (Å²) in [7, 11) is 1.63. The van der Waals surface area contributed by atoms with Crippen molar-refractivity contribution in [3.63, 3.8) is 0 Å². The minimum atomic E-state index is -0.187. The third kappa shape index (κ3) is 2.65. The van der Waals surface area contributed by atoms with E-state index in [4.69, 9.17) is 10.6 Å². The average Bonchev–Trinajstić information content (AvgIpc) is 2.85. The Hall–Kier alpha value is -1.37. The van der Waals surface area contributed by atoms with E-state index in [9.17, 15) is 0 Å². The van der Waals surface area contributed by atoms with Crippen LogP contribution in [0.5, 0.6) is 5.75 Å². The van der Waals surface area contributed by atoms with E-state index < -0.39 is 0 Å². The summed E-state index contributed by atoms with van der Waals surface area (Å²) in [5, 5.41) is 4.31. The van der Waals surface area contributed by atoms with Crippen LogP contribution in [-0.2, 0) is 6.54 Å². The molecule has 0 amide bonds. The van der Waals surface area contributed by atoms with Crippen LogP contribution in [0.2, 0.25) is 0 Å². The Labute approximate surface area is 120 Å². The second-order valence-corrected chi connectivity index (χ2v) is 4.89. The van der Waals surface area contributed by atoms with Crippen LogP contribution >= 0.6 is 15.9 Å². The molecule has 2 rings (SSSR count). The molecule has 1 unspecified atom stereocenters. The zero-order chi connectivity index (χ0) is 13.8. The van der Waals surface area contributed by atoms with Gasteiger partial charge in [0.1, 0.15) is 5.69 Å². The zero-order valence-corrected chi connectivity index (χ0v) is 12.5. The predicted octanol–water partition coefficient (Wildman–Crippen LogP) is 2.23. The van der Waals surface area contributed by atoms with Gasteiger partial charge in [0.25, 0.3) is 0 Å². The number of aryl methyl sites for hydroxylation is 1. The summed E-state index contributed by atoms with van der Waals surface area (Å²) < 4.78 is 8.25. The van der Waals surface area contributed by atoms with Crippen LogP contribution in [0.4, 0.5) is 0 Å². The number of nitrogens with zero attached hydrogens (tertiary/aromatic N) is 2. The van der Waals surface area contributed by atoms with Crippen molar-refractivity contribution >= 4 is 15.9 Å². The molecule has 0 fully saturated rings. The van der Waals surface area contributed by atoms with Gasteiger partial charge in [0.2, 0.25) is 0 Å². The summed E-state index contributed by atoms with van der Waals surface area (Å²) in [6, 6.07) is 7.76. The highest BCUT2D eigenvalue weighted by Crippen LogP contribution is 2.33. The normalized spacial score (nSPS) is 12.4. The molecule has 0 spiro atoms. The van der Waals surface area contributed by atoms with Gasteiger partial charge in [0.15, 0.2) is 5.75 Å². The Kier molecular flexibility index (Phi) is 4.57. The van der Waals surface area contributed by atoms with Gasteiger partial charge in [-0.1, -0.05) is 34.1 Å². The molecular formula is C13H17BrN4O. The molecule has 102 valence electrons. The Morgan fingerprint density at radius 3 is 2.79 bits per heavy atom. The Morgan fingerprint density at radius 2 is 2.21 bits per heavy atom. The highest BCUT2D eigenvalue weighted by molar-refractivity contribution is 9.10. The molecule has 1 aromatic carbocycles. The van der Waals surface area contributed by atoms with E-state index in [1.54, 1.807) is 13.3 Å². The number of halogens is 1. The van der Waals surface area contributed by atoms with Gasteiger partial charge >= 0.3 is 0 Å². The molecule has 0 saturated carbocycles. The number of ether oxygens (including phenoxy) is 1. The molecule has 3 N–H and O–H groups in total. The van der Waals surface area contributed by atoms with Gasteiger partial charge in [-0.05, 0) is 18.6 Å². The second-order valence-electron chi connectivity index (χ2n) is 4.04. The molecule has 0 saturated heterocycles. The third-order valence-electron chi connectivity index (χ3n) is 3.02. The SMILES string of the molecule is CCn1ncc(OC)c1C(NN)c1ccccc1Br. The molecule has 1 aromatic heterocycles. The number of methoxy groups -OCH3 is 1. The molecule has 6 heteroatoms. The van der Waals surface area contributed by atoms with E-state index in [-0.39, 0.29) is 6.04 Å². The lowest BCUT2D eigenvalue weighted by molar-refractivity contribution is 0.399. The number of nitrogens with one attached hydrogen (secondary N) is 1. The van der Waals surface area contributed by atoms with E-state index >= 15 is 0 Å².